The lowest BCUT2D eigenvalue weighted by molar-refractivity contribution is -0.137. The molecule has 2 amide bonds. The molecule has 0 aromatic heterocycles. The molecule has 1 aromatic rings. The van der Waals surface area contributed by atoms with E-state index >= 15 is 0 Å². The lowest BCUT2D eigenvalue weighted by Gasteiger charge is -2.29. The zero-order chi connectivity index (χ0) is 16.9. The van der Waals surface area contributed by atoms with Gasteiger partial charge in [0.15, 0.2) is 0 Å². The number of benzene rings is 1. The third-order valence-electron chi connectivity index (χ3n) is 3.61. The smallest absolute Gasteiger partial charge is 0.313 e. The minimum atomic E-state index is -1.16. The molecule has 0 fully saturated rings. The average Bonchev–Trinajstić information content (AvgIpc) is 2.42. The van der Waals surface area contributed by atoms with Crippen LogP contribution in [-0.4, -0.2) is 29.1 Å². The number of halogens is 2. The molecule has 3 N–H and O–H groups in total. The van der Waals surface area contributed by atoms with Crippen molar-refractivity contribution < 1.29 is 23.5 Å². The van der Waals surface area contributed by atoms with Gasteiger partial charge in [0.05, 0.1) is 5.60 Å². The molecule has 22 heavy (non-hydrogen) atoms. The summed E-state index contributed by atoms with van der Waals surface area (Å²) in [5.41, 5.74) is -1.32. The number of rotatable bonds is 5. The van der Waals surface area contributed by atoms with Gasteiger partial charge in [-0.3, -0.25) is 9.59 Å². The number of anilines is 1. The van der Waals surface area contributed by atoms with Gasteiger partial charge in [-0.05, 0) is 25.0 Å². The predicted molar refractivity (Wildman–Crippen MR) is 78.1 cm³/mol. The van der Waals surface area contributed by atoms with Crippen molar-refractivity contribution in [2.75, 3.05) is 11.9 Å². The monoisotopic (exact) mass is 314 g/mol. The van der Waals surface area contributed by atoms with Crippen molar-refractivity contribution in [1.82, 2.24) is 5.32 Å². The van der Waals surface area contributed by atoms with Crippen LogP contribution in [0, 0.1) is 17.6 Å². The number of carbonyl (C=O) groups excluding carboxylic acids is 2. The van der Waals surface area contributed by atoms with Crippen LogP contribution in [0.5, 0.6) is 0 Å². The van der Waals surface area contributed by atoms with Crippen LogP contribution in [0.4, 0.5) is 14.5 Å². The first-order chi connectivity index (χ1) is 10.2. The van der Waals surface area contributed by atoms with Crippen molar-refractivity contribution in [3.63, 3.8) is 0 Å². The van der Waals surface area contributed by atoms with Gasteiger partial charge in [-0.1, -0.05) is 20.3 Å². The highest BCUT2D eigenvalue weighted by Gasteiger charge is 2.28. The zero-order valence-corrected chi connectivity index (χ0v) is 12.7. The van der Waals surface area contributed by atoms with Crippen molar-refractivity contribution in [1.29, 1.82) is 0 Å². The fraction of sp³-hybridized carbons (Fsp3) is 0.467. The van der Waals surface area contributed by atoms with Crippen LogP contribution in [0.15, 0.2) is 18.2 Å². The van der Waals surface area contributed by atoms with Gasteiger partial charge in [0.2, 0.25) is 0 Å². The summed E-state index contributed by atoms with van der Waals surface area (Å²) in [6, 6.07) is 2.44. The second-order valence-electron chi connectivity index (χ2n) is 5.46. The van der Waals surface area contributed by atoms with Crippen LogP contribution in [0.3, 0.4) is 0 Å². The first kappa shape index (κ1) is 18.0. The summed E-state index contributed by atoms with van der Waals surface area (Å²) >= 11 is 0. The Hall–Kier alpha value is -2.02. The van der Waals surface area contributed by atoms with E-state index in [0.29, 0.717) is 12.5 Å². The minimum Gasteiger partial charge on any atom is -0.388 e. The molecule has 0 aliphatic heterocycles. The largest absolute Gasteiger partial charge is 0.388 e. The Balaban J connectivity index is 2.61. The van der Waals surface area contributed by atoms with Gasteiger partial charge in [-0.15, -0.1) is 0 Å². The molecule has 0 heterocycles. The topological polar surface area (TPSA) is 78.4 Å². The van der Waals surface area contributed by atoms with Crippen LogP contribution < -0.4 is 10.6 Å². The van der Waals surface area contributed by atoms with Gasteiger partial charge >= 0.3 is 11.8 Å². The third kappa shape index (κ3) is 5.07. The highest BCUT2D eigenvalue weighted by molar-refractivity contribution is 6.39. The third-order valence-corrected chi connectivity index (χ3v) is 3.61. The van der Waals surface area contributed by atoms with E-state index in [4.69, 9.17) is 0 Å². The van der Waals surface area contributed by atoms with Crippen LogP contribution in [0.25, 0.3) is 0 Å². The quantitative estimate of drug-likeness (QED) is 0.725. The summed E-state index contributed by atoms with van der Waals surface area (Å²) in [6.07, 6.45) is 0.706. The molecule has 0 aliphatic carbocycles. The number of amides is 2. The molecule has 0 bridgehead atoms. The Labute approximate surface area is 127 Å². The first-order valence-electron chi connectivity index (χ1n) is 6.93. The van der Waals surface area contributed by atoms with E-state index in [1.165, 1.54) is 0 Å². The molecular weight excluding hydrogens is 294 g/mol. The van der Waals surface area contributed by atoms with Gasteiger partial charge in [0, 0.05) is 18.3 Å². The predicted octanol–water partition coefficient (Wildman–Crippen LogP) is 1.82. The molecule has 0 radical (unpaired) electrons. The van der Waals surface area contributed by atoms with Crippen LogP contribution in [0.2, 0.25) is 0 Å². The Morgan fingerprint density at radius 3 is 2.27 bits per heavy atom. The fourth-order valence-electron chi connectivity index (χ4n) is 1.77. The standard InChI is InChI=1S/C15H20F2N2O3/c1-4-9(2)15(3,22)8-18-13(20)14(21)19-12-6-10(16)5-11(17)7-12/h5-7,9,22H,4,8H2,1-3H3,(H,18,20)(H,19,21)/t9-,15+/m1/s1. The molecule has 0 saturated carbocycles. The van der Waals surface area contributed by atoms with E-state index < -0.39 is 29.0 Å². The van der Waals surface area contributed by atoms with E-state index in [-0.39, 0.29) is 18.2 Å². The van der Waals surface area contributed by atoms with E-state index in [1.807, 2.05) is 13.8 Å². The summed E-state index contributed by atoms with van der Waals surface area (Å²) in [6.45, 7) is 5.17. The highest BCUT2D eigenvalue weighted by atomic mass is 19.1. The lowest BCUT2D eigenvalue weighted by Crippen LogP contribution is -2.47. The Morgan fingerprint density at radius 2 is 1.77 bits per heavy atom. The zero-order valence-electron chi connectivity index (χ0n) is 12.7. The fourth-order valence-corrected chi connectivity index (χ4v) is 1.77. The number of nitrogens with one attached hydrogen (secondary N) is 2. The van der Waals surface area contributed by atoms with Gasteiger partial charge in [-0.2, -0.15) is 0 Å². The molecule has 0 unspecified atom stereocenters. The van der Waals surface area contributed by atoms with E-state index in [1.54, 1.807) is 6.92 Å². The Morgan fingerprint density at radius 1 is 1.23 bits per heavy atom. The maximum absolute atomic E-state index is 13.0. The molecule has 1 aromatic carbocycles. The Bertz CT molecular complexity index is 541. The summed E-state index contributed by atoms with van der Waals surface area (Å²) in [5, 5.41) is 14.5. The van der Waals surface area contributed by atoms with Crippen molar-refractivity contribution in [3.8, 4) is 0 Å². The summed E-state index contributed by atoms with van der Waals surface area (Å²) < 4.78 is 26.0. The first-order valence-corrected chi connectivity index (χ1v) is 6.93. The van der Waals surface area contributed by atoms with E-state index in [2.05, 4.69) is 10.6 Å². The van der Waals surface area contributed by atoms with Gasteiger partial charge in [0.25, 0.3) is 0 Å². The molecule has 0 saturated heterocycles. The lowest BCUT2D eigenvalue weighted by atomic mass is 9.89. The second kappa shape index (κ2) is 7.31. The van der Waals surface area contributed by atoms with Crippen molar-refractivity contribution >= 4 is 17.5 Å². The van der Waals surface area contributed by atoms with Gasteiger partial charge in [-0.25, -0.2) is 8.78 Å². The molecular formula is C15H20F2N2O3. The molecule has 122 valence electrons. The molecule has 5 nitrogen and oxygen atoms in total. The number of carbonyl (C=O) groups is 2. The van der Waals surface area contributed by atoms with E-state index in [9.17, 15) is 23.5 Å². The van der Waals surface area contributed by atoms with Crippen LogP contribution in [0.1, 0.15) is 27.2 Å². The van der Waals surface area contributed by atoms with E-state index in [0.717, 1.165) is 12.1 Å². The van der Waals surface area contributed by atoms with Crippen molar-refractivity contribution in [3.05, 3.63) is 29.8 Å². The number of aliphatic hydroxyl groups is 1. The number of hydrogen-bond acceptors (Lipinski definition) is 3. The SMILES string of the molecule is CC[C@@H](C)[C@@](C)(O)CNC(=O)C(=O)Nc1cc(F)cc(F)c1. The summed E-state index contributed by atoms with van der Waals surface area (Å²) in [4.78, 5) is 23.3. The van der Waals surface area contributed by atoms with Crippen molar-refractivity contribution in [2.45, 2.75) is 32.8 Å². The van der Waals surface area contributed by atoms with Gasteiger partial charge in [0.1, 0.15) is 11.6 Å². The summed E-state index contributed by atoms with van der Waals surface area (Å²) in [5.74, 6) is -3.86. The maximum atomic E-state index is 13.0. The summed E-state index contributed by atoms with van der Waals surface area (Å²) in [7, 11) is 0. The van der Waals surface area contributed by atoms with Crippen LogP contribution >= 0.6 is 0 Å². The maximum Gasteiger partial charge on any atom is 0.313 e. The average molecular weight is 314 g/mol. The number of hydrogen-bond donors (Lipinski definition) is 3. The molecule has 0 aliphatic rings. The normalized spacial score (nSPS) is 14.8. The van der Waals surface area contributed by atoms with Crippen LogP contribution in [-0.2, 0) is 9.59 Å². The molecule has 2 atom stereocenters. The molecule has 1 rings (SSSR count). The second-order valence-corrected chi connectivity index (χ2v) is 5.46. The molecule has 7 heteroatoms. The highest BCUT2D eigenvalue weighted by Crippen LogP contribution is 2.18. The minimum absolute atomic E-state index is 0.0758. The van der Waals surface area contributed by atoms with Crippen molar-refractivity contribution in [2.24, 2.45) is 5.92 Å². The van der Waals surface area contributed by atoms with Gasteiger partial charge < -0.3 is 15.7 Å². The Kier molecular flexibility index (Phi) is 5.99. The molecule has 0 spiro atoms.